The van der Waals surface area contributed by atoms with Gasteiger partial charge in [0.15, 0.2) is 6.04 Å². The van der Waals surface area contributed by atoms with Crippen molar-refractivity contribution in [2.24, 2.45) is 5.73 Å². The van der Waals surface area contributed by atoms with Gasteiger partial charge in [-0.1, -0.05) is 6.07 Å². The van der Waals surface area contributed by atoms with Crippen LogP contribution in [0.15, 0.2) is 28.5 Å². The van der Waals surface area contributed by atoms with Gasteiger partial charge < -0.3 is 30.5 Å². The number of carboxylic acids is 1. The number of rotatable bonds is 7. The zero-order valence-corrected chi connectivity index (χ0v) is 16.2. The molecule has 2 aliphatic rings. The summed E-state index contributed by atoms with van der Waals surface area (Å²) in [6.45, 7) is -0.361. The van der Waals surface area contributed by atoms with Gasteiger partial charge in [-0.05, 0) is 16.9 Å². The smallest absolute Gasteiger partial charge is 0.404 e. The summed E-state index contributed by atoms with van der Waals surface area (Å²) in [4.78, 5) is 49.7. The van der Waals surface area contributed by atoms with Crippen LogP contribution in [-0.4, -0.2) is 64.7 Å². The fraction of sp³-hybridized carbons (Fsp3) is 0.375. The number of carbonyl (C=O) groups is 4. The number of primary amides is 1. The molecule has 150 valence electrons. The van der Waals surface area contributed by atoms with Crippen molar-refractivity contribution in [2.75, 3.05) is 13.7 Å². The number of carbonyl (C=O) groups excluding carboxylic acids is 3. The lowest BCUT2D eigenvalue weighted by molar-refractivity contribution is -0.201. The van der Waals surface area contributed by atoms with Gasteiger partial charge in [-0.25, -0.2) is 9.59 Å². The molecule has 1 fully saturated rings. The molecule has 0 aromatic carbocycles. The molecule has 2 aliphatic heterocycles. The molecule has 1 aromatic heterocycles. The van der Waals surface area contributed by atoms with Gasteiger partial charge in [0.1, 0.15) is 12.0 Å². The summed E-state index contributed by atoms with van der Waals surface area (Å²) >= 11 is 2.49. The summed E-state index contributed by atoms with van der Waals surface area (Å²) < 4.78 is 10.0. The molecular formula is C16H17N3O7S2. The third-order valence-corrected chi connectivity index (χ3v) is 6.44. The van der Waals surface area contributed by atoms with Gasteiger partial charge in [-0.3, -0.25) is 9.59 Å². The number of nitrogens with two attached hydrogens (primary N) is 1. The highest BCUT2D eigenvalue weighted by Crippen LogP contribution is 2.46. The molecule has 0 saturated carbocycles. The fourth-order valence-electron chi connectivity index (χ4n) is 3.06. The van der Waals surface area contributed by atoms with Crippen LogP contribution in [0.3, 0.4) is 0 Å². The number of fused-ring (bicyclic) bond motifs is 1. The van der Waals surface area contributed by atoms with Gasteiger partial charge in [-0.15, -0.1) is 23.1 Å². The van der Waals surface area contributed by atoms with E-state index in [0.717, 1.165) is 21.5 Å². The molecule has 3 heterocycles. The van der Waals surface area contributed by atoms with Crippen LogP contribution in [0.1, 0.15) is 4.88 Å². The Balaban J connectivity index is 1.79. The van der Waals surface area contributed by atoms with Crippen molar-refractivity contribution in [3.05, 3.63) is 33.4 Å². The lowest BCUT2D eigenvalue weighted by Crippen LogP contribution is -2.83. The predicted molar refractivity (Wildman–Crippen MR) is 99.2 cm³/mol. The second-order valence-corrected chi connectivity index (χ2v) is 7.97. The average Bonchev–Trinajstić information content (AvgIpc) is 3.15. The number of thiophene rings is 1. The number of nitrogens with one attached hydrogen (secondary N) is 1. The third kappa shape index (κ3) is 3.45. The quantitative estimate of drug-likeness (QED) is 0.410. The SMILES string of the molecule is COC1(NC(=O)Cc2cccs2)C(=O)N2C(C(=O)O)C(COC(N)=O)=CS[C@H]21. The number of hydrogen-bond donors (Lipinski definition) is 3. The molecular weight excluding hydrogens is 410 g/mol. The van der Waals surface area contributed by atoms with E-state index in [-0.39, 0.29) is 18.6 Å². The van der Waals surface area contributed by atoms with Crippen molar-refractivity contribution in [1.82, 2.24) is 10.2 Å². The van der Waals surface area contributed by atoms with E-state index in [1.165, 1.54) is 23.9 Å². The maximum atomic E-state index is 12.8. The van der Waals surface area contributed by atoms with E-state index in [1.807, 2.05) is 11.4 Å². The van der Waals surface area contributed by atoms with Crippen LogP contribution in [0.5, 0.6) is 0 Å². The van der Waals surface area contributed by atoms with Crippen molar-refractivity contribution < 1.29 is 33.8 Å². The molecule has 0 spiro atoms. The highest BCUT2D eigenvalue weighted by atomic mass is 32.2. The van der Waals surface area contributed by atoms with Crippen LogP contribution < -0.4 is 11.1 Å². The number of nitrogens with zero attached hydrogens (tertiary/aromatic N) is 1. The zero-order valence-electron chi connectivity index (χ0n) is 14.6. The summed E-state index contributed by atoms with van der Waals surface area (Å²) in [5, 5.41) is 14.7. The first-order chi connectivity index (χ1) is 13.3. The number of β-lactam (4-membered cyclic amide) rings is 1. The Labute approximate surface area is 167 Å². The van der Waals surface area contributed by atoms with E-state index in [4.69, 9.17) is 10.5 Å². The summed E-state index contributed by atoms with van der Waals surface area (Å²) in [6.07, 6.45) is -0.984. The fourth-order valence-corrected chi connectivity index (χ4v) is 5.07. The molecule has 3 atom stereocenters. The Kier molecular flexibility index (Phi) is 5.63. The van der Waals surface area contributed by atoms with Gasteiger partial charge >= 0.3 is 12.1 Å². The highest BCUT2D eigenvalue weighted by Gasteiger charge is 2.67. The van der Waals surface area contributed by atoms with Crippen LogP contribution in [0.25, 0.3) is 0 Å². The first-order valence-electron chi connectivity index (χ1n) is 8.01. The second kappa shape index (κ2) is 7.81. The number of carboxylic acid groups (broad SMARTS) is 1. The van der Waals surface area contributed by atoms with E-state index in [0.29, 0.717) is 0 Å². The summed E-state index contributed by atoms with van der Waals surface area (Å²) in [5.74, 6) is -2.41. The lowest BCUT2D eigenvalue weighted by Gasteiger charge is -2.57. The Morgan fingerprint density at radius 2 is 2.18 bits per heavy atom. The summed E-state index contributed by atoms with van der Waals surface area (Å²) in [5.41, 5.74) is 3.44. The number of amides is 3. The standard InChI is InChI=1S/C16H17N3O7S2/c1-25-16(18-10(20)5-9-3-2-4-27-9)13(23)19-11(12(21)22)8(6-26-15(17)24)7-28-14(16)19/h2-4,7,11,14H,5-6H2,1H3,(H2,17,24)(H,18,20)(H,21,22)/t11?,14-,16?/m0/s1. The van der Waals surface area contributed by atoms with Crippen LogP contribution >= 0.6 is 23.1 Å². The molecule has 28 heavy (non-hydrogen) atoms. The maximum absolute atomic E-state index is 12.8. The topological polar surface area (TPSA) is 148 Å². The monoisotopic (exact) mass is 427 g/mol. The van der Waals surface area contributed by atoms with E-state index in [2.05, 4.69) is 10.1 Å². The maximum Gasteiger partial charge on any atom is 0.404 e. The molecule has 0 aliphatic carbocycles. The van der Waals surface area contributed by atoms with Gasteiger partial charge in [0, 0.05) is 17.6 Å². The van der Waals surface area contributed by atoms with Crippen molar-refractivity contribution in [1.29, 1.82) is 0 Å². The molecule has 3 rings (SSSR count). The molecule has 4 N–H and O–H groups in total. The van der Waals surface area contributed by atoms with Crippen LogP contribution in [0, 0.1) is 0 Å². The summed E-state index contributed by atoms with van der Waals surface area (Å²) in [7, 11) is 1.27. The number of hydrogen-bond acceptors (Lipinski definition) is 8. The van der Waals surface area contributed by atoms with Crippen molar-refractivity contribution in [3.8, 4) is 0 Å². The van der Waals surface area contributed by atoms with E-state index < -0.39 is 41.0 Å². The Morgan fingerprint density at radius 1 is 1.43 bits per heavy atom. The van der Waals surface area contributed by atoms with Crippen molar-refractivity contribution in [2.45, 2.75) is 23.6 Å². The third-order valence-electron chi connectivity index (χ3n) is 4.31. The first kappa shape index (κ1) is 20.2. The molecule has 2 unspecified atom stereocenters. The summed E-state index contributed by atoms with van der Waals surface area (Å²) in [6, 6.07) is 2.25. The first-order valence-corrected chi connectivity index (χ1v) is 9.83. The van der Waals surface area contributed by atoms with Crippen LogP contribution in [0.2, 0.25) is 0 Å². The lowest BCUT2D eigenvalue weighted by atomic mass is 9.94. The van der Waals surface area contributed by atoms with Crippen LogP contribution in [-0.2, 0) is 30.3 Å². The van der Waals surface area contributed by atoms with Crippen LogP contribution in [0.4, 0.5) is 4.79 Å². The average molecular weight is 427 g/mol. The highest BCUT2D eigenvalue weighted by molar-refractivity contribution is 8.03. The number of thioether (sulfide) groups is 1. The molecule has 0 radical (unpaired) electrons. The van der Waals surface area contributed by atoms with Gasteiger partial charge in [-0.2, -0.15) is 0 Å². The molecule has 0 bridgehead atoms. The van der Waals surface area contributed by atoms with Crippen molar-refractivity contribution in [3.63, 3.8) is 0 Å². The normalized spacial score (nSPS) is 26.0. The van der Waals surface area contributed by atoms with E-state index >= 15 is 0 Å². The number of aliphatic carboxylic acids is 1. The van der Waals surface area contributed by atoms with E-state index in [1.54, 1.807) is 6.07 Å². The molecule has 12 heteroatoms. The Bertz CT molecular complexity index is 841. The number of ether oxygens (including phenoxy) is 2. The Morgan fingerprint density at radius 3 is 2.75 bits per heavy atom. The largest absolute Gasteiger partial charge is 0.479 e. The molecule has 1 aromatic rings. The zero-order chi connectivity index (χ0) is 20.5. The van der Waals surface area contributed by atoms with Crippen molar-refractivity contribution >= 4 is 47.0 Å². The van der Waals surface area contributed by atoms with Gasteiger partial charge in [0.25, 0.3) is 11.6 Å². The minimum Gasteiger partial charge on any atom is -0.479 e. The molecule has 1 saturated heterocycles. The Hall–Kier alpha value is -2.57. The van der Waals surface area contributed by atoms with Gasteiger partial charge in [0.2, 0.25) is 5.91 Å². The minimum atomic E-state index is -1.67. The van der Waals surface area contributed by atoms with E-state index in [9.17, 15) is 24.3 Å². The predicted octanol–water partition coefficient (Wildman–Crippen LogP) is 0.0970. The number of methoxy groups -OCH3 is 1. The minimum absolute atomic E-state index is 0.0728. The van der Waals surface area contributed by atoms with Gasteiger partial charge in [0.05, 0.1) is 6.42 Å². The molecule has 10 nitrogen and oxygen atoms in total. The second-order valence-electron chi connectivity index (χ2n) is 5.99. The molecule has 3 amide bonds.